The van der Waals surface area contributed by atoms with Crippen LogP contribution in [0, 0.1) is 0 Å². The van der Waals surface area contributed by atoms with E-state index in [1.165, 1.54) is 31.4 Å². The molecule has 4 heteroatoms. The summed E-state index contributed by atoms with van der Waals surface area (Å²) in [4.78, 5) is 6.84. The van der Waals surface area contributed by atoms with Crippen LogP contribution in [0.2, 0.25) is 0 Å². The molecule has 0 radical (unpaired) electrons. The van der Waals surface area contributed by atoms with Crippen molar-refractivity contribution in [2.75, 3.05) is 20.1 Å². The van der Waals surface area contributed by atoms with Crippen molar-refractivity contribution in [3.8, 4) is 0 Å². The van der Waals surface area contributed by atoms with E-state index in [0.29, 0.717) is 6.04 Å². The first-order chi connectivity index (χ1) is 8.27. The van der Waals surface area contributed by atoms with Gasteiger partial charge < -0.3 is 10.2 Å². The monoisotopic (exact) mass is 253 g/mol. The van der Waals surface area contributed by atoms with Gasteiger partial charge >= 0.3 is 0 Å². The molecule has 96 valence electrons. The number of hydrogen-bond donors (Lipinski definition) is 1. The van der Waals surface area contributed by atoms with E-state index in [9.17, 15) is 0 Å². The number of likely N-dealkylation sites (N-methyl/N-ethyl adjacent to an activating group) is 1. The SMILES string of the molecule is CC(NCCN(C)C1CCCC1)c1cscn1. The van der Waals surface area contributed by atoms with Gasteiger partial charge in [-0.15, -0.1) is 11.3 Å². The van der Waals surface area contributed by atoms with Crippen LogP contribution in [-0.2, 0) is 0 Å². The van der Waals surface area contributed by atoms with E-state index in [-0.39, 0.29) is 0 Å². The smallest absolute Gasteiger partial charge is 0.0795 e. The maximum atomic E-state index is 4.33. The summed E-state index contributed by atoms with van der Waals surface area (Å²) >= 11 is 1.67. The van der Waals surface area contributed by atoms with Crippen molar-refractivity contribution in [2.24, 2.45) is 0 Å². The summed E-state index contributed by atoms with van der Waals surface area (Å²) in [5.74, 6) is 0. The van der Waals surface area contributed by atoms with Crippen LogP contribution in [0.5, 0.6) is 0 Å². The van der Waals surface area contributed by atoms with E-state index >= 15 is 0 Å². The van der Waals surface area contributed by atoms with Gasteiger partial charge in [-0.1, -0.05) is 12.8 Å². The molecule has 1 saturated carbocycles. The Balaban J connectivity index is 1.65. The Kier molecular flexibility index (Phi) is 4.95. The molecule has 1 aliphatic carbocycles. The van der Waals surface area contributed by atoms with Gasteiger partial charge in [0.2, 0.25) is 0 Å². The molecule has 0 spiro atoms. The number of nitrogens with zero attached hydrogens (tertiary/aromatic N) is 2. The highest BCUT2D eigenvalue weighted by Gasteiger charge is 2.19. The minimum absolute atomic E-state index is 0.373. The van der Waals surface area contributed by atoms with Crippen molar-refractivity contribution < 1.29 is 0 Å². The first-order valence-corrected chi connectivity index (χ1v) is 7.53. The van der Waals surface area contributed by atoms with Crippen LogP contribution in [0.15, 0.2) is 10.9 Å². The predicted molar refractivity (Wildman–Crippen MR) is 73.4 cm³/mol. The van der Waals surface area contributed by atoms with E-state index in [4.69, 9.17) is 0 Å². The fourth-order valence-electron chi connectivity index (χ4n) is 2.53. The molecule has 1 aliphatic rings. The van der Waals surface area contributed by atoms with Crippen LogP contribution in [0.4, 0.5) is 0 Å². The minimum Gasteiger partial charge on any atom is -0.308 e. The highest BCUT2D eigenvalue weighted by Crippen LogP contribution is 2.21. The lowest BCUT2D eigenvalue weighted by Crippen LogP contribution is -2.36. The lowest BCUT2D eigenvalue weighted by atomic mass is 10.2. The lowest BCUT2D eigenvalue weighted by Gasteiger charge is -2.24. The van der Waals surface area contributed by atoms with Gasteiger partial charge in [0, 0.05) is 30.6 Å². The molecular formula is C13H23N3S. The van der Waals surface area contributed by atoms with Gasteiger partial charge in [0.1, 0.15) is 0 Å². The number of aromatic nitrogens is 1. The quantitative estimate of drug-likeness (QED) is 0.845. The van der Waals surface area contributed by atoms with Crippen molar-refractivity contribution >= 4 is 11.3 Å². The molecular weight excluding hydrogens is 230 g/mol. The summed E-state index contributed by atoms with van der Waals surface area (Å²) in [6.07, 6.45) is 5.60. The first kappa shape index (κ1) is 13.0. The van der Waals surface area contributed by atoms with Crippen LogP contribution >= 0.6 is 11.3 Å². The van der Waals surface area contributed by atoms with Crippen molar-refractivity contribution in [2.45, 2.75) is 44.7 Å². The Labute approximate surface area is 108 Å². The van der Waals surface area contributed by atoms with Crippen LogP contribution in [0.3, 0.4) is 0 Å². The fraction of sp³-hybridized carbons (Fsp3) is 0.769. The average Bonchev–Trinajstić information content (AvgIpc) is 3.02. The number of thiazole rings is 1. The molecule has 1 unspecified atom stereocenters. The van der Waals surface area contributed by atoms with Gasteiger partial charge in [0.05, 0.1) is 11.2 Å². The van der Waals surface area contributed by atoms with Crippen LogP contribution < -0.4 is 5.32 Å². The molecule has 0 aliphatic heterocycles. The second kappa shape index (κ2) is 6.47. The molecule has 1 atom stereocenters. The summed E-state index contributed by atoms with van der Waals surface area (Å²) in [5, 5.41) is 5.67. The molecule has 1 aromatic heterocycles. The van der Waals surface area contributed by atoms with Gasteiger partial charge in [0.25, 0.3) is 0 Å². The van der Waals surface area contributed by atoms with Crippen LogP contribution in [-0.4, -0.2) is 36.1 Å². The Bertz CT molecular complexity index is 306. The first-order valence-electron chi connectivity index (χ1n) is 6.59. The summed E-state index contributed by atoms with van der Waals surface area (Å²) in [5.41, 5.74) is 3.07. The molecule has 0 saturated heterocycles. The number of rotatable bonds is 6. The van der Waals surface area contributed by atoms with Gasteiger partial charge in [-0.05, 0) is 26.8 Å². The van der Waals surface area contributed by atoms with E-state index in [1.807, 2.05) is 5.51 Å². The number of hydrogen-bond acceptors (Lipinski definition) is 4. The Morgan fingerprint density at radius 1 is 1.53 bits per heavy atom. The largest absolute Gasteiger partial charge is 0.308 e. The van der Waals surface area contributed by atoms with E-state index in [2.05, 4.69) is 34.6 Å². The summed E-state index contributed by atoms with van der Waals surface area (Å²) < 4.78 is 0. The second-order valence-corrected chi connectivity index (χ2v) is 5.73. The van der Waals surface area contributed by atoms with Gasteiger partial charge in [-0.3, -0.25) is 0 Å². The Hall–Kier alpha value is -0.450. The molecule has 3 nitrogen and oxygen atoms in total. The van der Waals surface area contributed by atoms with E-state index in [0.717, 1.165) is 19.1 Å². The molecule has 1 N–H and O–H groups in total. The third kappa shape index (κ3) is 3.76. The molecule has 1 fully saturated rings. The highest BCUT2D eigenvalue weighted by molar-refractivity contribution is 7.07. The highest BCUT2D eigenvalue weighted by atomic mass is 32.1. The molecule has 0 bridgehead atoms. The van der Waals surface area contributed by atoms with Gasteiger partial charge in [0.15, 0.2) is 0 Å². The third-order valence-electron chi connectivity index (χ3n) is 3.76. The topological polar surface area (TPSA) is 28.2 Å². The maximum Gasteiger partial charge on any atom is 0.0795 e. The normalized spacial score (nSPS) is 19.0. The zero-order valence-electron chi connectivity index (χ0n) is 10.9. The summed E-state index contributed by atoms with van der Waals surface area (Å²) in [6, 6.07) is 1.20. The van der Waals surface area contributed by atoms with Crippen molar-refractivity contribution in [1.82, 2.24) is 15.2 Å². The zero-order chi connectivity index (χ0) is 12.1. The van der Waals surface area contributed by atoms with E-state index < -0.39 is 0 Å². The van der Waals surface area contributed by atoms with Crippen LogP contribution in [0.1, 0.15) is 44.3 Å². The fourth-order valence-corrected chi connectivity index (χ4v) is 3.17. The van der Waals surface area contributed by atoms with Crippen LogP contribution in [0.25, 0.3) is 0 Å². The van der Waals surface area contributed by atoms with Gasteiger partial charge in [-0.25, -0.2) is 4.98 Å². The molecule has 1 heterocycles. The lowest BCUT2D eigenvalue weighted by molar-refractivity contribution is 0.243. The van der Waals surface area contributed by atoms with Crippen molar-refractivity contribution in [1.29, 1.82) is 0 Å². The van der Waals surface area contributed by atoms with Crippen molar-refractivity contribution in [3.63, 3.8) is 0 Å². The van der Waals surface area contributed by atoms with Gasteiger partial charge in [-0.2, -0.15) is 0 Å². The maximum absolute atomic E-state index is 4.33. The van der Waals surface area contributed by atoms with Crippen molar-refractivity contribution in [3.05, 3.63) is 16.6 Å². The predicted octanol–water partition coefficient (Wildman–Crippen LogP) is 2.67. The number of nitrogens with one attached hydrogen (secondary N) is 1. The summed E-state index contributed by atoms with van der Waals surface area (Å²) in [7, 11) is 2.26. The average molecular weight is 253 g/mol. The molecule has 2 rings (SSSR count). The third-order valence-corrected chi connectivity index (χ3v) is 4.36. The Morgan fingerprint density at radius 2 is 2.29 bits per heavy atom. The standard InChI is InChI=1S/C13H23N3S/c1-11(13-9-17-10-15-13)14-7-8-16(2)12-5-3-4-6-12/h9-12,14H,3-8H2,1-2H3. The van der Waals surface area contributed by atoms with E-state index in [1.54, 1.807) is 11.3 Å². The zero-order valence-corrected chi connectivity index (χ0v) is 11.7. The molecule has 0 aromatic carbocycles. The molecule has 17 heavy (non-hydrogen) atoms. The minimum atomic E-state index is 0.373. The summed E-state index contributed by atoms with van der Waals surface area (Å²) in [6.45, 7) is 4.37. The molecule has 1 aromatic rings. The molecule has 0 amide bonds. The second-order valence-electron chi connectivity index (χ2n) is 5.01. The Morgan fingerprint density at radius 3 is 2.94 bits per heavy atom.